The van der Waals surface area contributed by atoms with Gasteiger partial charge in [-0.1, -0.05) is 17.7 Å². The topological polar surface area (TPSA) is 86.0 Å². The van der Waals surface area contributed by atoms with Crippen LogP contribution in [-0.4, -0.2) is 15.0 Å². The second kappa shape index (κ2) is 6.67. The maximum Gasteiger partial charge on any atom is 0.328 e. The molecule has 0 saturated carbocycles. The molecule has 0 bridgehead atoms. The maximum atomic E-state index is 12.9. The van der Waals surface area contributed by atoms with Crippen molar-refractivity contribution in [2.75, 3.05) is 11.1 Å². The molecule has 0 amide bonds. The van der Waals surface area contributed by atoms with Crippen LogP contribution in [0.4, 0.5) is 22.0 Å². The quantitative estimate of drug-likeness (QED) is 0.740. The molecule has 122 valence electrons. The first-order valence-electron chi connectivity index (χ1n) is 6.98. The van der Waals surface area contributed by atoms with Crippen LogP contribution in [0.2, 0.25) is 5.02 Å². The summed E-state index contributed by atoms with van der Waals surface area (Å²) in [6.45, 7) is 1.92. The van der Waals surface area contributed by atoms with Gasteiger partial charge in [-0.05, 0) is 48.9 Å². The van der Waals surface area contributed by atoms with Gasteiger partial charge < -0.3 is 15.8 Å². The number of hydrogen-bond donors (Lipinski definition) is 2. The van der Waals surface area contributed by atoms with Gasteiger partial charge in [0, 0.05) is 5.69 Å². The summed E-state index contributed by atoms with van der Waals surface area (Å²) in [4.78, 5) is 12.0. The van der Waals surface area contributed by atoms with E-state index in [0.717, 1.165) is 5.56 Å². The highest BCUT2D eigenvalue weighted by Crippen LogP contribution is 2.29. The number of halogens is 2. The van der Waals surface area contributed by atoms with Gasteiger partial charge in [-0.2, -0.15) is 15.0 Å². The molecule has 3 aromatic rings. The first-order chi connectivity index (χ1) is 11.5. The minimum atomic E-state index is -0.339. The molecule has 3 rings (SSSR count). The molecule has 24 heavy (non-hydrogen) atoms. The third-order valence-corrected chi connectivity index (χ3v) is 3.32. The highest BCUT2D eigenvalue weighted by Gasteiger charge is 2.10. The number of nitrogens with zero attached hydrogens (tertiary/aromatic N) is 3. The van der Waals surface area contributed by atoms with Crippen LogP contribution >= 0.6 is 11.6 Å². The summed E-state index contributed by atoms with van der Waals surface area (Å²) in [6, 6.07) is 11.1. The van der Waals surface area contributed by atoms with E-state index in [1.165, 1.54) is 12.1 Å². The fourth-order valence-electron chi connectivity index (χ4n) is 1.92. The van der Waals surface area contributed by atoms with Gasteiger partial charge in [0.2, 0.25) is 11.9 Å². The third kappa shape index (κ3) is 3.88. The van der Waals surface area contributed by atoms with Crippen LogP contribution in [0, 0.1) is 12.7 Å². The summed E-state index contributed by atoms with van der Waals surface area (Å²) < 4.78 is 18.5. The van der Waals surface area contributed by atoms with E-state index in [1.807, 2.05) is 13.0 Å². The van der Waals surface area contributed by atoms with Gasteiger partial charge in [0.15, 0.2) is 0 Å². The smallest absolute Gasteiger partial charge is 0.328 e. The molecule has 3 N–H and O–H groups in total. The molecule has 0 saturated heterocycles. The number of nitrogens with two attached hydrogens (primary N) is 1. The standard InChI is InChI=1S/C16H13ClFN5O/c1-9-2-7-13(12(17)8-9)24-16-22-14(19)21-15(23-16)20-11-5-3-10(18)4-6-11/h2-8H,1H3,(H3,19,20,21,22,23). The van der Waals surface area contributed by atoms with E-state index < -0.39 is 0 Å². The van der Waals surface area contributed by atoms with Gasteiger partial charge in [0.05, 0.1) is 5.02 Å². The largest absolute Gasteiger partial charge is 0.423 e. The number of aryl methyl sites for hydroxylation is 1. The fourth-order valence-corrected chi connectivity index (χ4v) is 2.20. The summed E-state index contributed by atoms with van der Waals surface area (Å²) in [5.74, 6) is 0.217. The molecule has 0 aliphatic rings. The van der Waals surface area contributed by atoms with Crippen molar-refractivity contribution in [2.45, 2.75) is 6.92 Å². The lowest BCUT2D eigenvalue weighted by Crippen LogP contribution is -2.05. The number of aromatic nitrogens is 3. The lowest BCUT2D eigenvalue weighted by molar-refractivity contribution is 0.442. The van der Waals surface area contributed by atoms with Crippen LogP contribution in [0.25, 0.3) is 0 Å². The van der Waals surface area contributed by atoms with Crippen molar-refractivity contribution >= 4 is 29.2 Å². The van der Waals surface area contributed by atoms with E-state index in [1.54, 1.807) is 24.3 Å². The minimum Gasteiger partial charge on any atom is -0.423 e. The molecule has 1 heterocycles. The van der Waals surface area contributed by atoms with Crippen molar-refractivity contribution in [1.29, 1.82) is 0 Å². The average Bonchev–Trinajstić information content (AvgIpc) is 2.52. The molecule has 1 aromatic heterocycles. The van der Waals surface area contributed by atoms with Crippen molar-refractivity contribution in [3.63, 3.8) is 0 Å². The molecular formula is C16H13ClFN5O. The molecular weight excluding hydrogens is 333 g/mol. The van der Waals surface area contributed by atoms with Crippen molar-refractivity contribution in [3.05, 3.63) is 58.9 Å². The van der Waals surface area contributed by atoms with Crippen LogP contribution in [-0.2, 0) is 0 Å². The molecule has 0 radical (unpaired) electrons. The van der Waals surface area contributed by atoms with Crippen LogP contribution < -0.4 is 15.8 Å². The Bertz CT molecular complexity index is 873. The molecule has 8 heteroatoms. The maximum absolute atomic E-state index is 12.9. The van der Waals surface area contributed by atoms with Crippen molar-refractivity contribution < 1.29 is 9.13 Å². The predicted octanol–water partition coefficient (Wildman–Crippen LogP) is 4.09. The first kappa shape index (κ1) is 15.9. The van der Waals surface area contributed by atoms with E-state index in [4.69, 9.17) is 22.1 Å². The average molecular weight is 346 g/mol. The Kier molecular flexibility index (Phi) is 4.43. The predicted molar refractivity (Wildman–Crippen MR) is 90.2 cm³/mol. The molecule has 0 aliphatic carbocycles. The second-order valence-corrected chi connectivity index (χ2v) is 5.37. The molecule has 0 spiro atoms. The monoisotopic (exact) mass is 345 g/mol. The molecule has 0 unspecified atom stereocenters. The zero-order valence-electron chi connectivity index (χ0n) is 12.6. The Balaban J connectivity index is 1.84. The van der Waals surface area contributed by atoms with Gasteiger partial charge in [-0.25, -0.2) is 4.39 Å². The lowest BCUT2D eigenvalue weighted by Gasteiger charge is -2.09. The van der Waals surface area contributed by atoms with Gasteiger partial charge in [0.25, 0.3) is 0 Å². The van der Waals surface area contributed by atoms with Gasteiger partial charge in [-0.15, -0.1) is 0 Å². The molecule has 0 atom stereocenters. The fraction of sp³-hybridized carbons (Fsp3) is 0.0625. The van der Waals surface area contributed by atoms with Gasteiger partial charge in [0.1, 0.15) is 11.6 Å². The second-order valence-electron chi connectivity index (χ2n) is 4.97. The Labute approximate surface area is 142 Å². The first-order valence-corrected chi connectivity index (χ1v) is 7.35. The Hall–Kier alpha value is -2.93. The Morgan fingerprint density at radius 1 is 1.08 bits per heavy atom. The van der Waals surface area contributed by atoms with E-state index >= 15 is 0 Å². The van der Waals surface area contributed by atoms with Crippen LogP contribution in [0.5, 0.6) is 11.8 Å². The Morgan fingerprint density at radius 2 is 1.83 bits per heavy atom. The summed E-state index contributed by atoms with van der Waals surface area (Å²) >= 11 is 6.13. The van der Waals surface area contributed by atoms with Crippen LogP contribution in [0.1, 0.15) is 5.56 Å². The number of benzene rings is 2. The zero-order chi connectivity index (χ0) is 17.1. The van der Waals surface area contributed by atoms with Crippen LogP contribution in [0.3, 0.4) is 0 Å². The van der Waals surface area contributed by atoms with E-state index in [-0.39, 0.29) is 23.7 Å². The van der Waals surface area contributed by atoms with Gasteiger partial charge >= 0.3 is 6.01 Å². The van der Waals surface area contributed by atoms with Crippen molar-refractivity contribution in [1.82, 2.24) is 15.0 Å². The normalized spacial score (nSPS) is 10.5. The number of ether oxygens (including phenoxy) is 1. The number of anilines is 3. The SMILES string of the molecule is Cc1ccc(Oc2nc(N)nc(Nc3ccc(F)cc3)n2)c(Cl)c1. The zero-order valence-corrected chi connectivity index (χ0v) is 13.4. The number of rotatable bonds is 4. The van der Waals surface area contributed by atoms with Crippen molar-refractivity contribution in [2.24, 2.45) is 0 Å². The number of nitrogens with one attached hydrogen (secondary N) is 1. The summed E-state index contributed by atoms with van der Waals surface area (Å²) in [6.07, 6.45) is 0. The molecule has 6 nitrogen and oxygen atoms in total. The molecule has 2 aromatic carbocycles. The van der Waals surface area contributed by atoms with E-state index in [2.05, 4.69) is 20.3 Å². The highest BCUT2D eigenvalue weighted by atomic mass is 35.5. The number of hydrogen-bond acceptors (Lipinski definition) is 6. The third-order valence-electron chi connectivity index (χ3n) is 3.02. The summed E-state index contributed by atoms with van der Waals surface area (Å²) in [7, 11) is 0. The summed E-state index contributed by atoms with van der Waals surface area (Å²) in [5.41, 5.74) is 7.28. The molecule has 0 aliphatic heterocycles. The van der Waals surface area contributed by atoms with E-state index in [9.17, 15) is 4.39 Å². The van der Waals surface area contributed by atoms with Crippen molar-refractivity contribution in [3.8, 4) is 11.8 Å². The lowest BCUT2D eigenvalue weighted by atomic mass is 10.2. The number of nitrogen functional groups attached to an aromatic ring is 1. The molecule has 0 fully saturated rings. The summed E-state index contributed by atoms with van der Waals surface area (Å²) in [5, 5.41) is 3.33. The van der Waals surface area contributed by atoms with Gasteiger partial charge in [-0.3, -0.25) is 0 Å². The van der Waals surface area contributed by atoms with E-state index in [0.29, 0.717) is 16.5 Å². The Morgan fingerprint density at radius 3 is 2.54 bits per heavy atom. The highest BCUT2D eigenvalue weighted by molar-refractivity contribution is 6.32. The minimum absolute atomic E-state index is 0.00198. The van der Waals surface area contributed by atoms with Crippen LogP contribution in [0.15, 0.2) is 42.5 Å².